The Hall–Kier alpha value is -2.04. The molecule has 1 amide bonds. The van der Waals surface area contributed by atoms with Crippen LogP contribution in [0, 0.1) is 0 Å². The fraction of sp³-hybridized carbons (Fsp3) is 0.467. The van der Waals surface area contributed by atoms with Gasteiger partial charge in [-0.2, -0.15) is 0 Å². The van der Waals surface area contributed by atoms with Crippen molar-refractivity contribution >= 4 is 5.91 Å². The van der Waals surface area contributed by atoms with Gasteiger partial charge >= 0.3 is 0 Å². The lowest BCUT2D eigenvalue weighted by atomic mass is 10.1. The van der Waals surface area contributed by atoms with Crippen LogP contribution >= 0.6 is 0 Å². The molecule has 0 unspecified atom stereocenters. The van der Waals surface area contributed by atoms with Crippen molar-refractivity contribution in [3.05, 3.63) is 41.7 Å². The highest BCUT2D eigenvalue weighted by molar-refractivity contribution is 5.92. The Morgan fingerprint density at radius 1 is 1.50 bits per heavy atom. The summed E-state index contributed by atoms with van der Waals surface area (Å²) < 4.78 is 10.7. The molecule has 1 aliphatic rings. The molecule has 1 atom stereocenters. The molecule has 0 saturated carbocycles. The number of nitrogens with zero attached hydrogens (tertiary/aromatic N) is 2. The Morgan fingerprint density at radius 3 is 3.00 bits per heavy atom. The SMILES string of the molecule is CC(C)c1cc(C(=O)N2CCC[C@@H]2c2ccco2)no1. The molecule has 106 valence electrons. The predicted octanol–water partition coefficient (Wildman–Crippen LogP) is 3.37. The van der Waals surface area contributed by atoms with E-state index in [-0.39, 0.29) is 17.9 Å². The highest BCUT2D eigenvalue weighted by Gasteiger charge is 2.33. The van der Waals surface area contributed by atoms with E-state index < -0.39 is 0 Å². The molecular weight excluding hydrogens is 256 g/mol. The molecule has 0 radical (unpaired) electrons. The average molecular weight is 274 g/mol. The molecule has 0 N–H and O–H groups in total. The van der Waals surface area contributed by atoms with Crippen LogP contribution in [0.5, 0.6) is 0 Å². The van der Waals surface area contributed by atoms with E-state index in [4.69, 9.17) is 8.94 Å². The topological polar surface area (TPSA) is 59.5 Å². The van der Waals surface area contributed by atoms with E-state index in [2.05, 4.69) is 5.16 Å². The van der Waals surface area contributed by atoms with Gasteiger partial charge in [-0.1, -0.05) is 19.0 Å². The van der Waals surface area contributed by atoms with Crippen LogP contribution in [-0.2, 0) is 0 Å². The first kappa shape index (κ1) is 13.0. The minimum absolute atomic E-state index is 0.0108. The van der Waals surface area contributed by atoms with Crippen LogP contribution < -0.4 is 0 Å². The minimum Gasteiger partial charge on any atom is -0.467 e. The van der Waals surface area contributed by atoms with Crippen LogP contribution in [-0.4, -0.2) is 22.5 Å². The summed E-state index contributed by atoms with van der Waals surface area (Å²) in [6, 6.07) is 5.52. The zero-order valence-corrected chi connectivity index (χ0v) is 11.7. The van der Waals surface area contributed by atoms with Crippen LogP contribution in [0.1, 0.15) is 60.7 Å². The van der Waals surface area contributed by atoms with E-state index in [1.54, 1.807) is 12.3 Å². The van der Waals surface area contributed by atoms with Crippen molar-refractivity contribution in [2.75, 3.05) is 6.54 Å². The van der Waals surface area contributed by atoms with Gasteiger partial charge in [0.2, 0.25) is 0 Å². The minimum atomic E-state index is -0.0837. The molecule has 1 saturated heterocycles. The number of rotatable bonds is 3. The molecule has 1 aliphatic heterocycles. The summed E-state index contributed by atoms with van der Waals surface area (Å²) in [7, 11) is 0. The van der Waals surface area contributed by atoms with Crippen molar-refractivity contribution in [1.82, 2.24) is 10.1 Å². The summed E-state index contributed by atoms with van der Waals surface area (Å²) in [4.78, 5) is 14.4. The predicted molar refractivity (Wildman–Crippen MR) is 72.3 cm³/mol. The molecule has 0 spiro atoms. The zero-order chi connectivity index (χ0) is 14.1. The Kier molecular flexibility index (Phi) is 3.34. The van der Waals surface area contributed by atoms with E-state index in [0.717, 1.165) is 30.9 Å². The van der Waals surface area contributed by atoms with Gasteiger partial charge in [0.1, 0.15) is 11.5 Å². The Labute approximate surface area is 117 Å². The van der Waals surface area contributed by atoms with Crippen LogP contribution in [0.15, 0.2) is 33.4 Å². The second-order valence-electron chi connectivity index (χ2n) is 5.44. The molecule has 20 heavy (non-hydrogen) atoms. The van der Waals surface area contributed by atoms with Crippen LogP contribution in [0.25, 0.3) is 0 Å². The molecule has 0 aliphatic carbocycles. The standard InChI is InChI=1S/C15H18N2O3/c1-10(2)14-9-11(16-20-14)15(18)17-7-3-5-12(17)13-6-4-8-19-13/h4,6,8-10,12H,3,5,7H2,1-2H3/t12-/m1/s1. The lowest BCUT2D eigenvalue weighted by molar-refractivity contribution is 0.0709. The van der Waals surface area contributed by atoms with Crippen molar-refractivity contribution in [3.8, 4) is 0 Å². The first-order valence-electron chi connectivity index (χ1n) is 6.98. The second-order valence-corrected chi connectivity index (χ2v) is 5.44. The van der Waals surface area contributed by atoms with E-state index in [1.165, 1.54) is 0 Å². The second kappa shape index (κ2) is 5.15. The van der Waals surface area contributed by atoms with Gasteiger partial charge in [-0.25, -0.2) is 0 Å². The highest BCUT2D eigenvalue weighted by Crippen LogP contribution is 2.33. The van der Waals surface area contributed by atoms with Gasteiger partial charge in [0.25, 0.3) is 5.91 Å². The normalized spacial score (nSPS) is 18.9. The summed E-state index contributed by atoms with van der Waals surface area (Å²) in [5.74, 6) is 1.72. The number of hydrogen-bond donors (Lipinski definition) is 0. The van der Waals surface area contributed by atoms with Gasteiger partial charge in [-0.15, -0.1) is 0 Å². The lowest BCUT2D eigenvalue weighted by Gasteiger charge is -2.21. The number of furan rings is 1. The van der Waals surface area contributed by atoms with Crippen LogP contribution in [0.3, 0.4) is 0 Å². The fourth-order valence-electron chi connectivity index (χ4n) is 2.60. The van der Waals surface area contributed by atoms with Gasteiger partial charge in [-0.3, -0.25) is 4.79 Å². The van der Waals surface area contributed by atoms with Crippen molar-refractivity contribution in [2.24, 2.45) is 0 Å². The molecule has 2 aromatic heterocycles. The summed E-state index contributed by atoms with van der Waals surface area (Å²) in [6.07, 6.45) is 3.55. The van der Waals surface area contributed by atoms with Gasteiger partial charge in [0.05, 0.1) is 12.3 Å². The number of aromatic nitrogens is 1. The summed E-state index contributed by atoms with van der Waals surface area (Å²) in [5, 5.41) is 3.90. The largest absolute Gasteiger partial charge is 0.467 e. The van der Waals surface area contributed by atoms with Gasteiger partial charge in [-0.05, 0) is 25.0 Å². The fourth-order valence-corrected chi connectivity index (χ4v) is 2.60. The number of hydrogen-bond acceptors (Lipinski definition) is 4. The van der Waals surface area contributed by atoms with Crippen molar-refractivity contribution in [3.63, 3.8) is 0 Å². The monoisotopic (exact) mass is 274 g/mol. The summed E-state index contributed by atoms with van der Waals surface area (Å²) in [6.45, 7) is 4.75. The first-order valence-corrected chi connectivity index (χ1v) is 6.98. The lowest BCUT2D eigenvalue weighted by Crippen LogP contribution is -2.30. The average Bonchev–Trinajstić information content (AvgIpc) is 3.17. The molecule has 0 aromatic carbocycles. The van der Waals surface area contributed by atoms with Crippen LogP contribution in [0.2, 0.25) is 0 Å². The third kappa shape index (κ3) is 2.24. The number of carbonyl (C=O) groups excluding carboxylic acids is 1. The maximum Gasteiger partial charge on any atom is 0.276 e. The highest BCUT2D eigenvalue weighted by atomic mass is 16.5. The van der Waals surface area contributed by atoms with Gasteiger partial charge in [0, 0.05) is 18.5 Å². The van der Waals surface area contributed by atoms with Gasteiger partial charge in [0.15, 0.2) is 5.69 Å². The Bertz CT molecular complexity index is 586. The molecule has 5 heteroatoms. The van der Waals surface area contributed by atoms with Crippen LogP contribution in [0.4, 0.5) is 0 Å². The molecule has 2 aromatic rings. The molecular formula is C15H18N2O3. The van der Waals surface area contributed by atoms with E-state index in [0.29, 0.717) is 5.69 Å². The quantitative estimate of drug-likeness (QED) is 0.861. The third-order valence-electron chi connectivity index (χ3n) is 3.70. The van der Waals surface area contributed by atoms with E-state index in [1.807, 2.05) is 30.9 Å². The van der Waals surface area contributed by atoms with Crippen molar-refractivity contribution in [1.29, 1.82) is 0 Å². The summed E-state index contributed by atoms with van der Waals surface area (Å²) in [5.41, 5.74) is 0.382. The Balaban J connectivity index is 1.82. The number of likely N-dealkylation sites (tertiary alicyclic amines) is 1. The molecule has 3 heterocycles. The van der Waals surface area contributed by atoms with Gasteiger partial charge < -0.3 is 13.8 Å². The Morgan fingerprint density at radius 2 is 2.35 bits per heavy atom. The first-order chi connectivity index (χ1) is 9.66. The maximum atomic E-state index is 12.6. The zero-order valence-electron chi connectivity index (χ0n) is 11.7. The summed E-state index contributed by atoms with van der Waals surface area (Å²) >= 11 is 0. The van der Waals surface area contributed by atoms with Crippen molar-refractivity contribution in [2.45, 2.75) is 38.6 Å². The van der Waals surface area contributed by atoms with Crippen molar-refractivity contribution < 1.29 is 13.7 Å². The molecule has 1 fully saturated rings. The number of carbonyl (C=O) groups is 1. The molecule has 5 nitrogen and oxygen atoms in total. The van der Waals surface area contributed by atoms with E-state index in [9.17, 15) is 4.79 Å². The maximum absolute atomic E-state index is 12.6. The van der Waals surface area contributed by atoms with E-state index >= 15 is 0 Å². The molecule has 3 rings (SSSR count). The smallest absolute Gasteiger partial charge is 0.276 e. The third-order valence-corrected chi connectivity index (χ3v) is 3.70. The number of amides is 1. The molecule has 0 bridgehead atoms.